The third-order valence-corrected chi connectivity index (χ3v) is 5.86. The highest BCUT2D eigenvalue weighted by molar-refractivity contribution is 5.95. The lowest BCUT2D eigenvalue weighted by Crippen LogP contribution is -2.39. The molecule has 2 N–H and O–H groups in total. The van der Waals surface area contributed by atoms with Gasteiger partial charge in [0.05, 0.1) is 0 Å². The molecule has 142 valence electrons. The SMILES string of the molecule is CNC(=O)c1ccc(-c2ccc(C(=O)N3CCC4(CCNCC4)C3)cc2)o1. The minimum absolute atomic E-state index is 0.0995. The second kappa shape index (κ2) is 7.19. The summed E-state index contributed by atoms with van der Waals surface area (Å²) in [6, 6.07) is 10.8. The van der Waals surface area contributed by atoms with Crippen LogP contribution < -0.4 is 10.6 Å². The molecule has 4 rings (SSSR count). The summed E-state index contributed by atoms with van der Waals surface area (Å²) in [5, 5.41) is 5.95. The van der Waals surface area contributed by atoms with Crippen LogP contribution in [0.5, 0.6) is 0 Å². The average Bonchev–Trinajstić information content (AvgIpc) is 3.36. The van der Waals surface area contributed by atoms with E-state index in [-0.39, 0.29) is 17.6 Å². The number of nitrogens with zero attached hydrogens (tertiary/aromatic N) is 1. The molecule has 2 aliphatic rings. The summed E-state index contributed by atoms with van der Waals surface area (Å²) in [4.78, 5) is 26.5. The van der Waals surface area contributed by atoms with Crippen LogP contribution in [0.4, 0.5) is 0 Å². The minimum Gasteiger partial charge on any atom is -0.451 e. The van der Waals surface area contributed by atoms with E-state index < -0.39 is 0 Å². The molecule has 1 spiro atoms. The van der Waals surface area contributed by atoms with Crippen molar-refractivity contribution in [3.8, 4) is 11.3 Å². The van der Waals surface area contributed by atoms with Crippen LogP contribution in [0.25, 0.3) is 11.3 Å². The minimum atomic E-state index is -0.256. The van der Waals surface area contributed by atoms with E-state index in [1.165, 1.54) is 0 Å². The van der Waals surface area contributed by atoms with Gasteiger partial charge in [-0.05, 0) is 62.0 Å². The van der Waals surface area contributed by atoms with Crippen LogP contribution in [0.2, 0.25) is 0 Å². The summed E-state index contributed by atoms with van der Waals surface area (Å²) in [5.41, 5.74) is 1.85. The van der Waals surface area contributed by atoms with Crippen molar-refractivity contribution in [3.05, 3.63) is 47.7 Å². The van der Waals surface area contributed by atoms with E-state index in [0.29, 0.717) is 16.7 Å². The summed E-state index contributed by atoms with van der Waals surface area (Å²) in [6.45, 7) is 3.81. The van der Waals surface area contributed by atoms with Crippen LogP contribution in [-0.4, -0.2) is 49.9 Å². The number of furan rings is 1. The summed E-state index contributed by atoms with van der Waals surface area (Å²) < 4.78 is 5.58. The quantitative estimate of drug-likeness (QED) is 0.874. The Labute approximate surface area is 158 Å². The fourth-order valence-corrected chi connectivity index (χ4v) is 4.17. The molecule has 2 amide bonds. The van der Waals surface area contributed by atoms with Gasteiger partial charge in [-0.1, -0.05) is 12.1 Å². The highest BCUT2D eigenvalue weighted by Gasteiger charge is 2.40. The Bertz CT molecular complexity index is 835. The van der Waals surface area contributed by atoms with Gasteiger partial charge >= 0.3 is 0 Å². The van der Waals surface area contributed by atoms with Crippen LogP contribution in [0.3, 0.4) is 0 Å². The summed E-state index contributed by atoms with van der Waals surface area (Å²) in [7, 11) is 1.57. The Morgan fingerprint density at radius 3 is 2.52 bits per heavy atom. The number of benzene rings is 1. The molecular weight excluding hydrogens is 342 g/mol. The van der Waals surface area contributed by atoms with Gasteiger partial charge in [-0.15, -0.1) is 0 Å². The number of amides is 2. The lowest BCUT2D eigenvalue weighted by atomic mass is 9.78. The van der Waals surface area contributed by atoms with Gasteiger partial charge in [0.25, 0.3) is 11.8 Å². The van der Waals surface area contributed by atoms with Gasteiger partial charge in [-0.25, -0.2) is 0 Å². The monoisotopic (exact) mass is 367 g/mol. The Morgan fingerprint density at radius 1 is 1.07 bits per heavy atom. The van der Waals surface area contributed by atoms with Crippen molar-refractivity contribution in [2.24, 2.45) is 5.41 Å². The van der Waals surface area contributed by atoms with Crippen LogP contribution in [0, 0.1) is 5.41 Å². The topological polar surface area (TPSA) is 74.6 Å². The van der Waals surface area contributed by atoms with Crippen molar-refractivity contribution in [2.75, 3.05) is 33.2 Å². The highest BCUT2D eigenvalue weighted by atomic mass is 16.3. The molecule has 27 heavy (non-hydrogen) atoms. The number of piperidine rings is 1. The van der Waals surface area contributed by atoms with Crippen LogP contribution >= 0.6 is 0 Å². The molecule has 1 aromatic carbocycles. The zero-order chi connectivity index (χ0) is 18.9. The van der Waals surface area contributed by atoms with Gasteiger partial charge in [-0.2, -0.15) is 0 Å². The second-order valence-corrected chi connectivity index (χ2v) is 7.55. The molecular formula is C21H25N3O3. The third-order valence-electron chi connectivity index (χ3n) is 5.86. The molecule has 2 fully saturated rings. The summed E-state index contributed by atoms with van der Waals surface area (Å²) >= 11 is 0. The number of hydrogen-bond acceptors (Lipinski definition) is 4. The fraction of sp³-hybridized carbons (Fsp3) is 0.429. The van der Waals surface area contributed by atoms with Crippen molar-refractivity contribution < 1.29 is 14.0 Å². The maximum absolute atomic E-state index is 12.9. The van der Waals surface area contributed by atoms with Crippen molar-refractivity contribution >= 4 is 11.8 Å². The van der Waals surface area contributed by atoms with Gasteiger partial charge in [0, 0.05) is 31.3 Å². The standard InChI is InChI=1S/C21H25N3O3/c1-22-19(25)18-7-6-17(27-18)15-2-4-16(5-3-15)20(26)24-13-10-21(14-24)8-11-23-12-9-21/h2-7,23H,8-14H2,1H3,(H,22,25). The molecule has 0 saturated carbocycles. The smallest absolute Gasteiger partial charge is 0.286 e. The number of nitrogens with one attached hydrogen (secondary N) is 2. The normalized spacial score (nSPS) is 18.6. The maximum atomic E-state index is 12.9. The number of carbonyl (C=O) groups is 2. The molecule has 0 bridgehead atoms. The van der Waals surface area contributed by atoms with Crippen molar-refractivity contribution in [2.45, 2.75) is 19.3 Å². The van der Waals surface area contributed by atoms with Crippen molar-refractivity contribution in [3.63, 3.8) is 0 Å². The van der Waals surface area contributed by atoms with E-state index >= 15 is 0 Å². The zero-order valence-corrected chi connectivity index (χ0v) is 15.6. The number of rotatable bonds is 3. The Balaban J connectivity index is 1.45. The first-order valence-electron chi connectivity index (χ1n) is 9.53. The predicted molar refractivity (Wildman–Crippen MR) is 103 cm³/mol. The van der Waals surface area contributed by atoms with Crippen molar-refractivity contribution in [1.82, 2.24) is 15.5 Å². The number of likely N-dealkylation sites (tertiary alicyclic amines) is 1. The molecule has 2 aromatic rings. The second-order valence-electron chi connectivity index (χ2n) is 7.55. The zero-order valence-electron chi connectivity index (χ0n) is 15.6. The molecule has 1 aromatic heterocycles. The number of hydrogen-bond donors (Lipinski definition) is 2. The van der Waals surface area contributed by atoms with E-state index in [0.717, 1.165) is 51.0 Å². The van der Waals surface area contributed by atoms with E-state index in [4.69, 9.17) is 4.42 Å². The first kappa shape index (κ1) is 17.8. The first-order chi connectivity index (χ1) is 13.1. The molecule has 2 aliphatic heterocycles. The van der Waals surface area contributed by atoms with Gasteiger partial charge < -0.3 is 20.0 Å². The molecule has 0 radical (unpaired) electrons. The summed E-state index contributed by atoms with van der Waals surface area (Å²) in [5.74, 6) is 0.732. The molecule has 0 atom stereocenters. The van der Waals surface area contributed by atoms with Gasteiger partial charge in [-0.3, -0.25) is 9.59 Å². The predicted octanol–water partition coefficient (Wildman–Crippen LogP) is 2.52. The maximum Gasteiger partial charge on any atom is 0.286 e. The van der Waals surface area contributed by atoms with Gasteiger partial charge in [0.1, 0.15) is 5.76 Å². The lowest BCUT2D eigenvalue weighted by molar-refractivity contribution is 0.0761. The molecule has 6 heteroatoms. The molecule has 2 saturated heterocycles. The largest absolute Gasteiger partial charge is 0.451 e. The summed E-state index contributed by atoms with van der Waals surface area (Å²) in [6.07, 6.45) is 3.41. The molecule has 0 unspecified atom stereocenters. The van der Waals surface area contributed by atoms with Crippen LogP contribution in [-0.2, 0) is 0 Å². The first-order valence-corrected chi connectivity index (χ1v) is 9.53. The average molecular weight is 367 g/mol. The van der Waals surface area contributed by atoms with E-state index in [9.17, 15) is 9.59 Å². The third kappa shape index (κ3) is 3.49. The Kier molecular flexibility index (Phi) is 4.74. The van der Waals surface area contributed by atoms with Gasteiger partial charge in [0.15, 0.2) is 5.76 Å². The van der Waals surface area contributed by atoms with Crippen LogP contribution in [0.1, 0.15) is 40.2 Å². The Morgan fingerprint density at radius 2 is 1.81 bits per heavy atom. The highest BCUT2D eigenvalue weighted by Crippen LogP contribution is 2.39. The van der Waals surface area contributed by atoms with Crippen molar-refractivity contribution in [1.29, 1.82) is 0 Å². The number of carbonyl (C=O) groups excluding carboxylic acids is 2. The van der Waals surface area contributed by atoms with E-state index in [1.54, 1.807) is 19.2 Å². The fourth-order valence-electron chi connectivity index (χ4n) is 4.17. The molecule has 6 nitrogen and oxygen atoms in total. The lowest BCUT2D eigenvalue weighted by Gasteiger charge is -2.33. The molecule has 0 aliphatic carbocycles. The van der Waals surface area contributed by atoms with E-state index in [2.05, 4.69) is 10.6 Å². The van der Waals surface area contributed by atoms with E-state index in [1.807, 2.05) is 29.2 Å². The van der Waals surface area contributed by atoms with Gasteiger partial charge in [0.2, 0.25) is 0 Å². The van der Waals surface area contributed by atoms with Crippen LogP contribution in [0.15, 0.2) is 40.8 Å². The molecule has 3 heterocycles. The Hall–Kier alpha value is -2.60.